The quantitative estimate of drug-likeness (QED) is 0.628. The number of aromatic nitrogens is 3. The summed E-state index contributed by atoms with van der Waals surface area (Å²) >= 11 is 0. The van der Waals surface area contributed by atoms with E-state index in [4.69, 9.17) is 0 Å². The van der Waals surface area contributed by atoms with Crippen molar-refractivity contribution >= 4 is 22.6 Å². The molecule has 10 heteroatoms. The molecular formula is C23H24F2N6O2. The molecule has 5 rings (SSSR count). The van der Waals surface area contributed by atoms with Crippen molar-refractivity contribution in [2.45, 2.75) is 32.4 Å². The smallest absolute Gasteiger partial charge is 0.269 e. The van der Waals surface area contributed by atoms with Crippen LogP contribution in [0.4, 0.5) is 14.5 Å². The van der Waals surface area contributed by atoms with Crippen molar-refractivity contribution in [2.24, 2.45) is 0 Å². The monoisotopic (exact) mass is 454 g/mol. The first-order valence-electron chi connectivity index (χ1n) is 10.9. The zero-order chi connectivity index (χ0) is 23.3. The van der Waals surface area contributed by atoms with Crippen molar-refractivity contribution in [3.63, 3.8) is 0 Å². The highest BCUT2D eigenvalue weighted by Gasteiger charge is 2.33. The van der Waals surface area contributed by atoms with Gasteiger partial charge in [0, 0.05) is 50.9 Å². The number of carbonyl (C=O) groups excluding carboxylic acids is 1. The summed E-state index contributed by atoms with van der Waals surface area (Å²) in [7, 11) is 1.58. The lowest BCUT2D eigenvalue weighted by Gasteiger charge is -2.45. The number of benzene rings is 1. The van der Waals surface area contributed by atoms with Crippen LogP contribution in [0.25, 0.3) is 11.0 Å². The Balaban J connectivity index is 1.37. The topological polar surface area (TPSA) is 94.2 Å². The van der Waals surface area contributed by atoms with E-state index in [1.165, 1.54) is 13.0 Å². The van der Waals surface area contributed by atoms with E-state index in [0.29, 0.717) is 25.3 Å². The molecule has 33 heavy (non-hydrogen) atoms. The zero-order valence-electron chi connectivity index (χ0n) is 18.4. The lowest BCUT2D eigenvalue weighted by atomic mass is 9.96. The number of pyridine rings is 1. The molecule has 2 aromatic heterocycles. The van der Waals surface area contributed by atoms with Gasteiger partial charge in [-0.1, -0.05) is 0 Å². The summed E-state index contributed by atoms with van der Waals surface area (Å²) in [4.78, 5) is 39.1. The minimum Gasteiger partial charge on any atom is -0.364 e. The fourth-order valence-electron chi connectivity index (χ4n) is 4.78. The SMILES string of the molecule is CNC(=O)c1ccc2c(n1)CC[C@@H]1CN(Cc3c(F)cc4nc(C)c(=O)[nH]c4c3F)CCN21. The van der Waals surface area contributed by atoms with E-state index in [1.807, 2.05) is 11.0 Å². The molecule has 0 bridgehead atoms. The number of hydrogen-bond acceptors (Lipinski definition) is 6. The molecule has 8 nitrogen and oxygen atoms in total. The maximum absolute atomic E-state index is 15.1. The molecule has 1 fully saturated rings. The van der Waals surface area contributed by atoms with Crippen LogP contribution in [0.3, 0.4) is 0 Å². The Hall–Kier alpha value is -3.40. The van der Waals surface area contributed by atoms with Gasteiger partial charge >= 0.3 is 0 Å². The molecule has 172 valence electrons. The average Bonchev–Trinajstić information content (AvgIpc) is 2.82. The Labute approximate surface area is 188 Å². The fourth-order valence-corrected chi connectivity index (χ4v) is 4.78. The Morgan fingerprint density at radius 1 is 1.27 bits per heavy atom. The van der Waals surface area contributed by atoms with E-state index in [2.05, 4.69) is 25.2 Å². The number of fused-ring (bicyclic) bond motifs is 4. The number of rotatable bonds is 3. The second kappa shape index (κ2) is 8.18. The molecule has 0 spiro atoms. The third-order valence-electron chi connectivity index (χ3n) is 6.53. The van der Waals surface area contributed by atoms with Gasteiger partial charge in [-0.2, -0.15) is 0 Å². The van der Waals surface area contributed by atoms with Crippen LogP contribution in [-0.2, 0) is 13.0 Å². The van der Waals surface area contributed by atoms with E-state index < -0.39 is 17.2 Å². The van der Waals surface area contributed by atoms with Gasteiger partial charge in [0.05, 0.1) is 16.9 Å². The van der Waals surface area contributed by atoms with Crippen molar-refractivity contribution in [3.8, 4) is 0 Å². The van der Waals surface area contributed by atoms with E-state index in [-0.39, 0.29) is 40.8 Å². The van der Waals surface area contributed by atoms with Crippen LogP contribution in [0.15, 0.2) is 23.0 Å². The lowest BCUT2D eigenvalue weighted by molar-refractivity contribution is 0.0958. The molecule has 1 saturated heterocycles. The zero-order valence-corrected chi connectivity index (χ0v) is 18.4. The number of H-pyrrole nitrogens is 1. The lowest BCUT2D eigenvalue weighted by Crippen LogP contribution is -2.55. The standard InChI is InChI=1S/C23H24F2N6O2/c1-12-22(32)29-21-18(27-12)9-15(24)14(20(21)25)11-30-7-8-31-13(10-30)3-4-16-19(31)6-5-17(28-16)23(33)26-2/h5-6,9,13H,3-4,7-8,10-11H2,1-2H3,(H,26,33)(H,29,32)/t13-/m1/s1. The number of halogens is 2. The molecule has 1 aromatic carbocycles. The first-order chi connectivity index (χ1) is 15.9. The van der Waals surface area contributed by atoms with Gasteiger partial charge in [0.25, 0.3) is 11.5 Å². The third kappa shape index (κ3) is 3.74. The first-order valence-corrected chi connectivity index (χ1v) is 10.9. The van der Waals surface area contributed by atoms with Gasteiger partial charge in [-0.3, -0.25) is 14.5 Å². The predicted molar refractivity (Wildman–Crippen MR) is 119 cm³/mol. The molecule has 1 amide bonds. The molecule has 2 aliphatic heterocycles. The maximum atomic E-state index is 15.1. The molecule has 0 saturated carbocycles. The molecule has 3 aromatic rings. The van der Waals surface area contributed by atoms with E-state index in [0.717, 1.165) is 24.2 Å². The highest BCUT2D eigenvalue weighted by Crippen LogP contribution is 2.32. The Morgan fingerprint density at radius 3 is 2.88 bits per heavy atom. The van der Waals surface area contributed by atoms with Crippen LogP contribution < -0.4 is 15.8 Å². The molecular weight excluding hydrogens is 430 g/mol. The van der Waals surface area contributed by atoms with Crippen molar-refractivity contribution in [1.82, 2.24) is 25.2 Å². The van der Waals surface area contributed by atoms with Crippen LogP contribution >= 0.6 is 0 Å². The minimum absolute atomic E-state index is 0.0645. The van der Waals surface area contributed by atoms with Crippen molar-refractivity contribution < 1.29 is 13.6 Å². The number of nitrogens with zero attached hydrogens (tertiary/aromatic N) is 4. The number of aromatic amines is 1. The first kappa shape index (κ1) is 21.4. The predicted octanol–water partition coefficient (Wildman–Crippen LogP) is 1.90. The molecule has 2 aliphatic rings. The van der Waals surface area contributed by atoms with Crippen LogP contribution in [0.1, 0.15) is 33.9 Å². The molecule has 4 heterocycles. The van der Waals surface area contributed by atoms with E-state index in [9.17, 15) is 14.0 Å². The van der Waals surface area contributed by atoms with Gasteiger partial charge in [-0.25, -0.2) is 18.7 Å². The highest BCUT2D eigenvalue weighted by molar-refractivity contribution is 5.92. The number of aryl methyl sites for hydroxylation is 2. The van der Waals surface area contributed by atoms with Gasteiger partial charge in [0.1, 0.15) is 22.7 Å². The fraction of sp³-hybridized carbons (Fsp3) is 0.391. The normalized spacial score (nSPS) is 18.2. The van der Waals surface area contributed by atoms with Gasteiger partial charge in [-0.05, 0) is 31.9 Å². The third-order valence-corrected chi connectivity index (χ3v) is 6.53. The second-order valence-electron chi connectivity index (χ2n) is 8.56. The number of amides is 1. The van der Waals surface area contributed by atoms with Crippen molar-refractivity contribution in [1.29, 1.82) is 0 Å². The van der Waals surface area contributed by atoms with Crippen molar-refractivity contribution in [2.75, 3.05) is 31.6 Å². The average molecular weight is 454 g/mol. The van der Waals surface area contributed by atoms with E-state index in [1.54, 1.807) is 13.1 Å². The van der Waals surface area contributed by atoms with Crippen LogP contribution in [0, 0.1) is 18.6 Å². The van der Waals surface area contributed by atoms with Crippen molar-refractivity contribution in [3.05, 3.63) is 62.8 Å². The van der Waals surface area contributed by atoms with Gasteiger partial charge in [-0.15, -0.1) is 0 Å². The molecule has 0 unspecified atom stereocenters. The Bertz CT molecular complexity index is 1320. The summed E-state index contributed by atoms with van der Waals surface area (Å²) in [6, 6.07) is 5.03. The van der Waals surface area contributed by atoms with Gasteiger partial charge in [0.15, 0.2) is 5.82 Å². The highest BCUT2D eigenvalue weighted by atomic mass is 19.1. The maximum Gasteiger partial charge on any atom is 0.269 e. The summed E-state index contributed by atoms with van der Waals surface area (Å²) in [5.41, 5.74) is 1.97. The Morgan fingerprint density at radius 2 is 2.09 bits per heavy atom. The number of carbonyl (C=O) groups is 1. The van der Waals surface area contributed by atoms with E-state index >= 15 is 4.39 Å². The molecule has 0 aliphatic carbocycles. The van der Waals surface area contributed by atoms with Gasteiger partial charge in [0.2, 0.25) is 0 Å². The number of hydrogen-bond donors (Lipinski definition) is 2. The second-order valence-corrected chi connectivity index (χ2v) is 8.56. The number of piperazine rings is 1. The minimum atomic E-state index is -0.767. The molecule has 2 N–H and O–H groups in total. The Kier molecular flexibility index (Phi) is 5.32. The van der Waals surface area contributed by atoms with Crippen LogP contribution in [0.2, 0.25) is 0 Å². The summed E-state index contributed by atoms with van der Waals surface area (Å²) in [6.45, 7) is 3.56. The van der Waals surface area contributed by atoms with Gasteiger partial charge < -0.3 is 15.2 Å². The van der Waals surface area contributed by atoms with Crippen LogP contribution in [-0.4, -0.2) is 58.5 Å². The summed E-state index contributed by atoms with van der Waals surface area (Å²) in [5, 5.41) is 2.59. The summed E-state index contributed by atoms with van der Waals surface area (Å²) < 4.78 is 29.9. The summed E-state index contributed by atoms with van der Waals surface area (Å²) in [5.74, 6) is -1.64. The number of anilines is 1. The summed E-state index contributed by atoms with van der Waals surface area (Å²) in [6.07, 6.45) is 1.58. The largest absolute Gasteiger partial charge is 0.364 e. The molecule has 1 atom stereocenters. The number of nitrogens with one attached hydrogen (secondary N) is 2. The molecule has 0 radical (unpaired) electrons. The van der Waals surface area contributed by atoms with Crippen LogP contribution in [0.5, 0.6) is 0 Å².